The first kappa shape index (κ1) is 16.8. The smallest absolute Gasteiger partial charge is 0.275 e. The number of carbonyl (C=O) groups excluding carboxylic acids is 1. The Bertz CT molecular complexity index is 954. The lowest BCUT2D eigenvalue weighted by atomic mass is 10.0. The zero-order chi connectivity index (χ0) is 17.9. The van der Waals surface area contributed by atoms with Gasteiger partial charge in [-0.2, -0.15) is 0 Å². The van der Waals surface area contributed by atoms with Gasteiger partial charge in [0.05, 0.1) is 5.69 Å². The van der Waals surface area contributed by atoms with Gasteiger partial charge < -0.3 is 4.84 Å². The highest BCUT2D eigenvalue weighted by Gasteiger charge is 2.27. The van der Waals surface area contributed by atoms with Crippen LogP contribution in [-0.4, -0.2) is 16.6 Å². The first-order chi connectivity index (χ1) is 12.7. The van der Waals surface area contributed by atoms with Crippen LogP contribution in [0.3, 0.4) is 0 Å². The normalized spacial score (nSPS) is 16.0. The van der Waals surface area contributed by atoms with Crippen LogP contribution in [0.25, 0.3) is 11.3 Å². The van der Waals surface area contributed by atoms with Crippen LogP contribution in [0.2, 0.25) is 5.02 Å². The van der Waals surface area contributed by atoms with E-state index in [1.807, 2.05) is 60.0 Å². The Kier molecular flexibility index (Phi) is 4.69. The van der Waals surface area contributed by atoms with Crippen molar-refractivity contribution in [2.45, 2.75) is 12.5 Å². The van der Waals surface area contributed by atoms with Crippen LogP contribution >= 0.6 is 22.9 Å². The minimum Gasteiger partial charge on any atom is -0.387 e. The van der Waals surface area contributed by atoms with E-state index >= 15 is 0 Å². The summed E-state index contributed by atoms with van der Waals surface area (Å²) in [4.78, 5) is 22.2. The maximum atomic E-state index is 12.4. The third-order valence-corrected chi connectivity index (χ3v) is 4.98. The molecule has 4 rings (SSSR count). The molecule has 1 aromatic heterocycles. The Labute approximate surface area is 159 Å². The van der Waals surface area contributed by atoms with Crippen molar-refractivity contribution < 1.29 is 9.63 Å². The van der Waals surface area contributed by atoms with Gasteiger partial charge in [0.1, 0.15) is 5.71 Å². The van der Waals surface area contributed by atoms with Gasteiger partial charge in [0, 0.05) is 22.4 Å². The van der Waals surface area contributed by atoms with Gasteiger partial charge in [0.15, 0.2) is 11.2 Å². The number of anilines is 1. The van der Waals surface area contributed by atoms with Crippen LogP contribution in [-0.2, 0) is 9.63 Å². The molecule has 0 aliphatic carbocycles. The molecule has 0 saturated carbocycles. The van der Waals surface area contributed by atoms with Gasteiger partial charge in [0.2, 0.25) is 0 Å². The molecule has 0 saturated heterocycles. The lowest BCUT2D eigenvalue weighted by Gasteiger charge is -2.07. The number of oxime groups is 1. The highest BCUT2D eigenvalue weighted by atomic mass is 35.5. The number of thiazole rings is 1. The molecule has 1 aliphatic rings. The summed E-state index contributed by atoms with van der Waals surface area (Å²) >= 11 is 7.26. The molecule has 1 N–H and O–H groups in total. The van der Waals surface area contributed by atoms with Crippen molar-refractivity contribution in [3.05, 3.63) is 70.6 Å². The first-order valence-corrected chi connectivity index (χ1v) is 9.25. The van der Waals surface area contributed by atoms with E-state index in [9.17, 15) is 4.79 Å². The van der Waals surface area contributed by atoms with Crippen LogP contribution in [0.15, 0.2) is 65.1 Å². The summed E-state index contributed by atoms with van der Waals surface area (Å²) in [7, 11) is 0. The van der Waals surface area contributed by atoms with Gasteiger partial charge in [-0.15, -0.1) is 11.3 Å². The highest BCUT2D eigenvalue weighted by Crippen LogP contribution is 2.29. The number of halogens is 1. The third kappa shape index (κ3) is 3.61. The number of amides is 1. The summed E-state index contributed by atoms with van der Waals surface area (Å²) < 4.78 is 0. The number of nitrogens with one attached hydrogen (secondary N) is 1. The predicted octanol–water partition coefficient (Wildman–Crippen LogP) is 4.92. The largest absolute Gasteiger partial charge is 0.387 e. The van der Waals surface area contributed by atoms with Gasteiger partial charge in [0.25, 0.3) is 5.91 Å². The summed E-state index contributed by atoms with van der Waals surface area (Å²) in [5.74, 6) is -0.291. The Morgan fingerprint density at radius 2 is 1.92 bits per heavy atom. The molecule has 26 heavy (non-hydrogen) atoms. The van der Waals surface area contributed by atoms with Crippen LogP contribution in [0.4, 0.5) is 5.13 Å². The summed E-state index contributed by atoms with van der Waals surface area (Å²) in [6.45, 7) is 0. The van der Waals surface area contributed by atoms with E-state index in [2.05, 4.69) is 15.5 Å². The standard InChI is InChI=1S/C19H14ClN3O2S/c20-14-8-6-12(7-9-14)16-11-26-19(21-16)22-18(24)15-10-17(25-23-15)13-4-2-1-3-5-13/h1-9,11,17H,10H2,(H,21,22,24). The molecule has 0 radical (unpaired) electrons. The second-order valence-corrected chi connectivity index (χ2v) is 7.04. The topological polar surface area (TPSA) is 63.6 Å². The monoisotopic (exact) mass is 383 g/mol. The van der Waals surface area contributed by atoms with Gasteiger partial charge in [-0.25, -0.2) is 4.98 Å². The molecule has 3 aromatic rings. The van der Waals surface area contributed by atoms with Crippen LogP contribution in [0.1, 0.15) is 18.1 Å². The van der Waals surface area contributed by atoms with Crippen molar-refractivity contribution in [2.75, 3.05) is 5.32 Å². The lowest BCUT2D eigenvalue weighted by Crippen LogP contribution is -2.21. The fraction of sp³-hybridized carbons (Fsp3) is 0.105. The molecule has 0 fully saturated rings. The number of hydrogen-bond acceptors (Lipinski definition) is 5. The van der Waals surface area contributed by atoms with Gasteiger partial charge in [-0.3, -0.25) is 10.1 Å². The summed E-state index contributed by atoms with van der Waals surface area (Å²) in [5, 5.41) is 9.80. The molecule has 5 nitrogen and oxygen atoms in total. The molecule has 1 aliphatic heterocycles. The molecular weight excluding hydrogens is 370 g/mol. The van der Waals surface area contributed by atoms with Crippen LogP contribution in [0.5, 0.6) is 0 Å². The summed E-state index contributed by atoms with van der Waals surface area (Å²) in [6.07, 6.45) is 0.212. The Balaban J connectivity index is 1.40. The Morgan fingerprint density at radius 3 is 2.69 bits per heavy atom. The van der Waals surface area contributed by atoms with Crippen molar-refractivity contribution in [3.8, 4) is 11.3 Å². The average molecular weight is 384 g/mol. The zero-order valence-electron chi connectivity index (χ0n) is 13.6. The van der Waals surface area contributed by atoms with Gasteiger partial charge in [-0.1, -0.05) is 59.2 Å². The van der Waals surface area contributed by atoms with E-state index < -0.39 is 0 Å². The molecular formula is C19H14ClN3O2S. The van der Waals surface area contributed by atoms with E-state index in [0.717, 1.165) is 16.8 Å². The lowest BCUT2D eigenvalue weighted by molar-refractivity contribution is -0.110. The molecule has 0 spiro atoms. The maximum Gasteiger partial charge on any atom is 0.275 e. The highest BCUT2D eigenvalue weighted by molar-refractivity contribution is 7.14. The number of hydrogen-bond donors (Lipinski definition) is 1. The second kappa shape index (κ2) is 7.27. The molecule has 2 heterocycles. The van der Waals surface area contributed by atoms with Crippen LogP contribution < -0.4 is 5.32 Å². The SMILES string of the molecule is O=C(Nc1nc(-c2ccc(Cl)cc2)cs1)C1=NOC(c2ccccc2)C1. The fourth-order valence-corrected chi connectivity index (χ4v) is 3.45. The first-order valence-electron chi connectivity index (χ1n) is 7.99. The minimum absolute atomic E-state index is 0.224. The number of aromatic nitrogens is 1. The summed E-state index contributed by atoms with van der Waals surface area (Å²) in [5.41, 5.74) is 3.09. The molecule has 1 atom stereocenters. The third-order valence-electron chi connectivity index (χ3n) is 3.97. The molecule has 2 aromatic carbocycles. The van der Waals surface area contributed by atoms with E-state index in [0.29, 0.717) is 22.3 Å². The molecule has 130 valence electrons. The molecule has 0 bridgehead atoms. The minimum atomic E-state index is -0.291. The average Bonchev–Trinajstić information content (AvgIpc) is 3.33. The van der Waals surface area contributed by atoms with E-state index in [1.54, 1.807) is 0 Å². The molecule has 1 unspecified atom stereocenters. The number of carbonyl (C=O) groups is 1. The number of rotatable bonds is 4. The van der Waals surface area contributed by atoms with Gasteiger partial charge in [-0.05, 0) is 17.7 Å². The fourth-order valence-electron chi connectivity index (χ4n) is 2.61. The quantitative estimate of drug-likeness (QED) is 0.695. The Morgan fingerprint density at radius 1 is 1.15 bits per heavy atom. The number of benzene rings is 2. The van der Waals surface area contributed by atoms with Crippen molar-refractivity contribution in [3.63, 3.8) is 0 Å². The van der Waals surface area contributed by atoms with E-state index in [1.165, 1.54) is 11.3 Å². The molecule has 1 amide bonds. The Hall–Kier alpha value is -2.70. The van der Waals surface area contributed by atoms with E-state index in [4.69, 9.17) is 16.4 Å². The number of nitrogens with zero attached hydrogens (tertiary/aromatic N) is 2. The van der Waals surface area contributed by atoms with Crippen molar-refractivity contribution >= 4 is 39.7 Å². The van der Waals surface area contributed by atoms with E-state index in [-0.39, 0.29) is 12.0 Å². The predicted molar refractivity (Wildman–Crippen MR) is 104 cm³/mol. The zero-order valence-corrected chi connectivity index (χ0v) is 15.1. The van der Waals surface area contributed by atoms with Crippen molar-refractivity contribution in [1.29, 1.82) is 0 Å². The van der Waals surface area contributed by atoms with Crippen molar-refractivity contribution in [1.82, 2.24) is 4.98 Å². The van der Waals surface area contributed by atoms with Crippen LogP contribution in [0, 0.1) is 0 Å². The summed E-state index contributed by atoms with van der Waals surface area (Å²) in [6, 6.07) is 17.1. The maximum absolute atomic E-state index is 12.4. The second-order valence-electron chi connectivity index (χ2n) is 5.75. The molecule has 7 heteroatoms. The van der Waals surface area contributed by atoms with Gasteiger partial charge >= 0.3 is 0 Å². The van der Waals surface area contributed by atoms with Crippen molar-refractivity contribution in [2.24, 2.45) is 5.16 Å².